The van der Waals surface area contributed by atoms with E-state index in [1.807, 2.05) is 0 Å². The summed E-state index contributed by atoms with van der Waals surface area (Å²) in [5.74, 6) is 0.731. The number of sulfone groups is 1. The summed E-state index contributed by atoms with van der Waals surface area (Å²) < 4.78 is 22.7. The van der Waals surface area contributed by atoms with Crippen molar-refractivity contribution in [2.75, 3.05) is 38.2 Å². The molecule has 144 valence electrons. The summed E-state index contributed by atoms with van der Waals surface area (Å²) in [4.78, 5) is 16.8. The molecular weight excluding hydrogens is 348 g/mol. The van der Waals surface area contributed by atoms with Gasteiger partial charge in [0, 0.05) is 32.4 Å². The standard InChI is InChI=1S/C20H30N2O3S/c1-16(2)18-7-5-17(6-8-18)13-21-10-4-9-20(14-21)15-22(19(20)23)11-12-26(3,24)25/h5-8,16H,4,9-15H2,1-3H3. The first-order chi connectivity index (χ1) is 12.2. The number of piperidine rings is 1. The summed E-state index contributed by atoms with van der Waals surface area (Å²) in [7, 11) is -3.03. The zero-order valence-corrected chi connectivity index (χ0v) is 16.9. The van der Waals surface area contributed by atoms with E-state index >= 15 is 0 Å². The summed E-state index contributed by atoms with van der Waals surface area (Å²) in [6.45, 7) is 8.09. The molecule has 0 bridgehead atoms. The molecule has 2 fully saturated rings. The minimum Gasteiger partial charge on any atom is -0.340 e. The number of hydrogen-bond donors (Lipinski definition) is 0. The molecule has 0 N–H and O–H groups in total. The molecule has 1 unspecified atom stereocenters. The fourth-order valence-corrected chi connectivity index (χ4v) is 4.69. The highest BCUT2D eigenvalue weighted by molar-refractivity contribution is 7.90. The van der Waals surface area contributed by atoms with Gasteiger partial charge in [-0.1, -0.05) is 38.1 Å². The van der Waals surface area contributed by atoms with Gasteiger partial charge in [0.25, 0.3) is 0 Å². The third-order valence-corrected chi connectivity index (χ3v) is 6.60. The lowest BCUT2D eigenvalue weighted by Gasteiger charge is -2.53. The van der Waals surface area contributed by atoms with Crippen LogP contribution in [0.3, 0.4) is 0 Å². The zero-order valence-electron chi connectivity index (χ0n) is 16.1. The molecule has 26 heavy (non-hydrogen) atoms. The second-order valence-corrected chi connectivity index (χ2v) is 10.6. The van der Waals surface area contributed by atoms with Crippen LogP contribution >= 0.6 is 0 Å². The van der Waals surface area contributed by atoms with Crippen molar-refractivity contribution in [1.29, 1.82) is 0 Å². The van der Waals surface area contributed by atoms with E-state index in [0.29, 0.717) is 19.0 Å². The smallest absolute Gasteiger partial charge is 0.231 e. The summed E-state index contributed by atoms with van der Waals surface area (Å²) in [5, 5.41) is 0. The lowest BCUT2D eigenvalue weighted by molar-refractivity contribution is -0.165. The Morgan fingerprint density at radius 1 is 1.15 bits per heavy atom. The van der Waals surface area contributed by atoms with Crippen molar-refractivity contribution in [3.8, 4) is 0 Å². The van der Waals surface area contributed by atoms with Gasteiger partial charge in [-0.25, -0.2) is 8.42 Å². The predicted molar refractivity (Wildman–Crippen MR) is 104 cm³/mol. The lowest BCUT2D eigenvalue weighted by atomic mass is 9.72. The third kappa shape index (κ3) is 4.29. The lowest BCUT2D eigenvalue weighted by Crippen LogP contribution is -2.67. The number of benzene rings is 1. The first kappa shape index (κ1) is 19.4. The van der Waals surface area contributed by atoms with Crippen molar-refractivity contribution in [1.82, 2.24) is 9.80 Å². The van der Waals surface area contributed by atoms with E-state index in [-0.39, 0.29) is 17.1 Å². The largest absolute Gasteiger partial charge is 0.340 e. The van der Waals surface area contributed by atoms with Gasteiger partial charge in [0.1, 0.15) is 9.84 Å². The number of nitrogens with zero attached hydrogens (tertiary/aromatic N) is 2. The summed E-state index contributed by atoms with van der Waals surface area (Å²) in [6.07, 6.45) is 3.17. The molecule has 0 radical (unpaired) electrons. The second kappa shape index (κ2) is 7.31. The molecule has 1 atom stereocenters. The van der Waals surface area contributed by atoms with Crippen LogP contribution in [-0.2, 0) is 21.2 Å². The second-order valence-electron chi connectivity index (χ2n) is 8.35. The van der Waals surface area contributed by atoms with E-state index < -0.39 is 9.84 Å². The first-order valence-corrected chi connectivity index (χ1v) is 11.5. The number of rotatable bonds is 6. The maximum Gasteiger partial charge on any atom is 0.231 e. The fraction of sp³-hybridized carbons (Fsp3) is 0.650. The van der Waals surface area contributed by atoms with Crippen LogP contribution in [0.25, 0.3) is 0 Å². The van der Waals surface area contributed by atoms with Crippen LogP contribution in [0, 0.1) is 5.41 Å². The molecule has 6 heteroatoms. The Labute approximate surface area is 157 Å². The molecule has 2 aliphatic heterocycles. The molecule has 1 aromatic carbocycles. The van der Waals surface area contributed by atoms with Crippen molar-refractivity contribution in [2.24, 2.45) is 5.41 Å². The van der Waals surface area contributed by atoms with Crippen LogP contribution in [0.1, 0.15) is 43.7 Å². The number of likely N-dealkylation sites (tertiary alicyclic amines) is 2. The Bertz CT molecular complexity index is 758. The van der Waals surface area contributed by atoms with Crippen LogP contribution < -0.4 is 0 Å². The van der Waals surface area contributed by atoms with Gasteiger partial charge in [0.05, 0.1) is 11.2 Å². The van der Waals surface area contributed by atoms with Crippen LogP contribution in [0.4, 0.5) is 0 Å². The Balaban J connectivity index is 1.57. The molecule has 1 amide bonds. The van der Waals surface area contributed by atoms with Crippen molar-refractivity contribution >= 4 is 15.7 Å². The van der Waals surface area contributed by atoms with Gasteiger partial charge in [0.15, 0.2) is 0 Å². The average molecular weight is 379 g/mol. The number of hydrogen-bond acceptors (Lipinski definition) is 4. The van der Waals surface area contributed by atoms with Crippen molar-refractivity contribution in [3.63, 3.8) is 0 Å². The molecular formula is C20H30N2O3S. The monoisotopic (exact) mass is 378 g/mol. The minimum atomic E-state index is -3.03. The van der Waals surface area contributed by atoms with E-state index in [1.54, 1.807) is 4.90 Å². The number of amides is 1. The predicted octanol–water partition coefficient (Wildman–Crippen LogP) is 2.28. The maximum atomic E-state index is 12.7. The normalized spacial score (nSPS) is 24.3. The first-order valence-electron chi connectivity index (χ1n) is 9.47. The van der Waals surface area contributed by atoms with Crippen LogP contribution in [-0.4, -0.2) is 62.3 Å². The summed E-state index contributed by atoms with van der Waals surface area (Å²) >= 11 is 0. The molecule has 1 spiro atoms. The van der Waals surface area contributed by atoms with Crippen LogP contribution in [0.2, 0.25) is 0 Å². The maximum absolute atomic E-state index is 12.7. The van der Waals surface area contributed by atoms with E-state index in [4.69, 9.17) is 0 Å². The Morgan fingerprint density at radius 3 is 2.42 bits per heavy atom. The molecule has 3 rings (SSSR count). The van der Waals surface area contributed by atoms with Gasteiger partial charge >= 0.3 is 0 Å². The number of β-lactam (4-membered cyclic amide) rings is 1. The van der Waals surface area contributed by atoms with Gasteiger partial charge in [-0.05, 0) is 36.4 Å². The SMILES string of the molecule is CC(C)c1ccc(CN2CCCC3(C2)CN(CCS(C)(=O)=O)C3=O)cc1. The van der Waals surface area contributed by atoms with E-state index in [9.17, 15) is 13.2 Å². The highest BCUT2D eigenvalue weighted by atomic mass is 32.2. The van der Waals surface area contributed by atoms with Gasteiger partial charge in [0.2, 0.25) is 5.91 Å². The summed E-state index contributed by atoms with van der Waals surface area (Å²) in [5.41, 5.74) is 2.35. The average Bonchev–Trinajstić information content (AvgIpc) is 2.58. The van der Waals surface area contributed by atoms with Crippen molar-refractivity contribution in [3.05, 3.63) is 35.4 Å². The fourth-order valence-electron chi connectivity index (χ4n) is 4.14. The van der Waals surface area contributed by atoms with Gasteiger partial charge in [-0.3, -0.25) is 9.69 Å². The van der Waals surface area contributed by atoms with Crippen molar-refractivity contribution < 1.29 is 13.2 Å². The molecule has 0 aliphatic carbocycles. The van der Waals surface area contributed by atoms with E-state index in [1.165, 1.54) is 17.4 Å². The highest BCUT2D eigenvalue weighted by Gasteiger charge is 2.53. The Morgan fingerprint density at radius 2 is 1.85 bits per heavy atom. The van der Waals surface area contributed by atoms with Gasteiger partial charge in [-0.15, -0.1) is 0 Å². The number of carbonyl (C=O) groups excluding carboxylic acids is 1. The van der Waals surface area contributed by atoms with Crippen LogP contribution in [0.15, 0.2) is 24.3 Å². The molecule has 0 aromatic heterocycles. The molecule has 2 aliphatic rings. The topological polar surface area (TPSA) is 57.7 Å². The van der Waals surface area contributed by atoms with Gasteiger partial charge < -0.3 is 4.90 Å². The molecule has 2 saturated heterocycles. The summed E-state index contributed by atoms with van der Waals surface area (Å²) in [6, 6.07) is 8.78. The highest BCUT2D eigenvalue weighted by Crippen LogP contribution is 2.40. The van der Waals surface area contributed by atoms with Crippen molar-refractivity contribution in [2.45, 2.75) is 39.2 Å². The van der Waals surface area contributed by atoms with Crippen LogP contribution in [0.5, 0.6) is 0 Å². The molecule has 5 nitrogen and oxygen atoms in total. The van der Waals surface area contributed by atoms with E-state index in [0.717, 1.165) is 32.5 Å². The molecule has 1 aromatic rings. The molecule has 2 heterocycles. The van der Waals surface area contributed by atoms with Gasteiger partial charge in [-0.2, -0.15) is 0 Å². The zero-order chi connectivity index (χ0) is 18.9. The number of carbonyl (C=O) groups is 1. The third-order valence-electron chi connectivity index (χ3n) is 5.67. The molecule has 0 saturated carbocycles. The Kier molecular flexibility index (Phi) is 5.45. The van der Waals surface area contributed by atoms with E-state index in [2.05, 4.69) is 43.0 Å². The minimum absolute atomic E-state index is 0.0563. The Hall–Kier alpha value is -1.40. The quantitative estimate of drug-likeness (QED) is 0.713.